The Morgan fingerprint density at radius 2 is 1.52 bits per heavy atom. The van der Waals surface area contributed by atoms with Crippen LogP contribution in [0.3, 0.4) is 0 Å². The van der Waals surface area contributed by atoms with Gasteiger partial charge in [-0.1, -0.05) is 60.7 Å². The number of rotatable bonds is 6. The van der Waals surface area contributed by atoms with Gasteiger partial charge < -0.3 is 19.9 Å². The fraction of sp³-hybridized carbons (Fsp3) is 0.130. The van der Waals surface area contributed by atoms with Gasteiger partial charge in [0.1, 0.15) is 0 Å². The second-order valence-corrected chi connectivity index (χ2v) is 6.76. The summed E-state index contributed by atoms with van der Waals surface area (Å²) in [4.78, 5) is 16.1. The van der Waals surface area contributed by atoms with Crippen LogP contribution in [-0.4, -0.2) is 37.4 Å². The quantitative estimate of drug-likeness (QED) is 0.472. The van der Waals surface area contributed by atoms with Crippen LogP contribution in [0, 0.1) is 0 Å². The number of fused-ring (bicyclic) bond motifs is 1. The SMILES string of the molecule is O=C(O)c1ccc2nc(C(O)(c3ccccc3)c3ccccc3)n(CCO)c2c1. The molecule has 0 spiro atoms. The summed E-state index contributed by atoms with van der Waals surface area (Å²) in [6.45, 7) is -0.0215. The van der Waals surface area contributed by atoms with E-state index in [9.17, 15) is 20.1 Å². The zero-order valence-electron chi connectivity index (χ0n) is 15.6. The van der Waals surface area contributed by atoms with E-state index in [0.29, 0.717) is 28.0 Å². The number of hydrogen-bond donors (Lipinski definition) is 3. The molecule has 1 heterocycles. The number of imidazole rings is 1. The van der Waals surface area contributed by atoms with Crippen molar-refractivity contribution in [3.8, 4) is 0 Å². The van der Waals surface area contributed by atoms with Crippen molar-refractivity contribution in [3.05, 3.63) is 101 Å². The largest absolute Gasteiger partial charge is 0.478 e. The Kier molecular flexibility index (Phi) is 4.88. The third-order valence-corrected chi connectivity index (χ3v) is 5.03. The van der Waals surface area contributed by atoms with E-state index in [-0.39, 0.29) is 18.7 Å². The minimum atomic E-state index is -1.58. The molecule has 146 valence electrons. The lowest BCUT2D eigenvalue weighted by atomic mass is 9.85. The molecule has 1 aromatic heterocycles. The van der Waals surface area contributed by atoms with Crippen LogP contribution in [-0.2, 0) is 12.1 Å². The minimum Gasteiger partial charge on any atom is -0.478 e. The van der Waals surface area contributed by atoms with Gasteiger partial charge in [-0.3, -0.25) is 0 Å². The topological polar surface area (TPSA) is 95.6 Å². The highest BCUT2D eigenvalue weighted by Crippen LogP contribution is 2.37. The number of carbonyl (C=O) groups is 1. The van der Waals surface area contributed by atoms with Crippen LogP contribution in [0.25, 0.3) is 11.0 Å². The normalized spacial score (nSPS) is 11.7. The first-order valence-electron chi connectivity index (χ1n) is 9.24. The van der Waals surface area contributed by atoms with E-state index in [1.165, 1.54) is 12.1 Å². The molecule has 0 atom stereocenters. The van der Waals surface area contributed by atoms with Crippen LogP contribution >= 0.6 is 0 Å². The van der Waals surface area contributed by atoms with Gasteiger partial charge in [-0.15, -0.1) is 0 Å². The lowest BCUT2D eigenvalue weighted by Crippen LogP contribution is -2.33. The molecule has 0 radical (unpaired) electrons. The Hall–Kier alpha value is -3.48. The van der Waals surface area contributed by atoms with E-state index in [1.54, 1.807) is 10.6 Å². The van der Waals surface area contributed by atoms with Crippen molar-refractivity contribution in [2.75, 3.05) is 6.61 Å². The van der Waals surface area contributed by atoms with Gasteiger partial charge >= 0.3 is 5.97 Å². The van der Waals surface area contributed by atoms with E-state index in [0.717, 1.165) is 0 Å². The molecule has 0 aliphatic rings. The van der Waals surface area contributed by atoms with Crippen molar-refractivity contribution in [2.24, 2.45) is 0 Å². The molecular formula is C23H20N2O4. The monoisotopic (exact) mass is 388 g/mol. The Labute approximate surface area is 167 Å². The van der Waals surface area contributed by atoms with Crippen LogP contribution in [0.1, 0.15) is 27.3 Å². The highest BCUT2D eigenvalue weighted by molar-refractivity contribution is 5.92. The molecular weight excluding hydrogens is 368 g/mol. The molecule has 0 bridgehead atoms. The summed E-state index contributed by atoms with van der Waals surface area (Å²) in [6.07, 6.45) is 0. The van der Waals surface area contributed by atoms with E-state index in [1.807, 2.05) is 60.7 Å². The molecule has 0 aliphatic carbocycles. The van der Waals surface area contributed by atoms with E-state index in [2.05, 4.69) is 4.98 Å². The summed E-state index contributed by atoms with van der Waals surface area (Å²) < 4.78 is 1.68. The average molecular weight is 388 g/mol. The zero-order valence-corrected chi connectivity index (χ0v) is 15.6. The molecule has 29 heavy (non-hydrogen) atoms. The maximum atomic E-state index is 12.0. The maximum Gasteiger partial charge on any atom is 0.335 e. The first kappa shape index (κ1) is 18.9. The molecule has 3 aromatic carbocycles. The predicted molar refractivity (Wildman–Crippen MR) is 109 cm³/mol. The molecule has 0 amide bonds. The summed E-state index contributed by atoms with van der Waals surface area (Å²) in [7, 11) is 0. The van der Waals surface area contributed by atoms with E-state index >= 15 is 0 Å². The molecule has 0 saturated carbocycles. The van der Waals surface area contributed by atoms with E-state index < -0.39 is 11.6 Å². The summed E-state index contributed by atoms with van der Waals surface area (Å²) >= 11 is 0. The summed E-state index contributed by atoms with van der Waals surface area (Å²) in [5, 5.41) is 31.1. The van der Waals surface area contributed by atoms with Gasteiger partial charge in [-0.25, -0.2) is 9.78 Å². The fourth-order valence-corrected chi connectivity index (χ4v) is 3.64. The molecule has 3 N–H and O–H groups in total. The fourth-order valence-electron chi connectivity index (χ4n) is 3.64. The molecule has 4 aromatic rings. The number of aliphatic hydroxyl groups is 2. The Morgan fingerprint density at radius 3 is 2.03 bits per heavy atom. The molecule has 6 nitrogen and oxygen atoms in total. The van der Waals surface area contributed by atoms with Crippen LogP contribution < -0.4 is 0 Å². The van der Waals surface area contributed by atoms with Gasteiger partial charge in [0.2, 0.25) is 0 Å². The summed E-state index contributed by atoms with van der Waals surface area (Å²) in [6, 6.07) is 23.0. The van der Waals surface area contributed by atoms with Gasteiger partial charge in [0.25, 0.3) is 0 Å². The molecule has 4 rings (SSSR count). The van der Waals surface area contributed by atoms with Crippen molar-refractivity contribution in [2.45, 2.75) is 12.1 Å². The zero-order chi connectivity index (χ0) is 20.4. The highest BCUT2D eigenvalue weighted by Gasteiger charge is 2.39. The number of aliphatic hydroxyl groups excluding tert-OH is 1. The first-order valence-corrected chi connectivity index (χ1v) is 9.24. The highest BCUT2D eigenvalue weighted by atomic mass is 16.4. The molecule has 0 saturated heterocycles. The van der Waals surface area contributed by atoms with Crippen molar-refractivity contribution >= 4 is 17.0 Å². The minimum absolute atomic E-state index is 0.117. The number of aromatic nitrogens is 2. The number of aromatic carboxylic acids is 1. The van der Waals surface area contributed by atoms with Gasteiger partial charge in [-0.05, 0) is 29.3 Å². The van der Waals surface area contributed by atoms with Crippen molar-refractivity contribution in [3.63, 3.8) is 0 Å². The summed E-state index contributed by atoms with van der Waals surface area (Å²) in [5.74, 6) is -0.729. The van der Waals surface area contributed by atoms with Crippen molar-refractivity contribution in [1.82, 2.24) is 9.55 Å². The predicted octanol–water partition coefficient (Wildman–Crippen LogP) is 3.01. The summed E-state index contributed by atoms with van der Waals surface area (Å²) in [5.41, 5.74) is 0.868. The van der Waals surface area contributed by atoms with Gasteiger partial charge in [0, 0.05) is 6.54 Å². The lowest BCUT2D eigenvalue weighted by Gasteiger charge is -2.29. The van der Waals surface area contributed by atoms with Crippen molar-refractivity contribution < 1.29 is 20.1 Å². The maximum absolute atomic E-state index is 12.0. The smallest absolute Gasteiger partial charge is 0.335 e. The number of nitrogens with zero attached hydrogens (tertiary/aromatic N) is 2. The molecule has 0 unspecified atom stereocenters. The average Bonchev–Trinajstić information content (AvgIpc) is 3.13. The third kappa shape index (κ3) is 3.18. The van der Waals surface area contributed by atoms with Crippen LogP contribution in [0.15, 0.2) is 78.9 Å². The number of hydrogen-bond acceptors (Lipinski definition) is 4. The third-order valence-electron chi connectivity index (χ3n) is 5.03. The number of carboxylic acids is 1. The van der Waals surface area contributed by atoms with Crippen LogP contribution in [0.2, 0.25) is 0 Å². The van der Waals surface area contributed by atoms with Crippen LogP contribution in [0.4, 0.5) is 0 Å². The molecule has 0 fully saturated rings. The molecule has 0 aliphatic heterocycles. The first-order chi connectivity index (χ1) is 14.1. The standard InChI is InChI=1S/C23H20N2O4/c26-14-13-25-20-15-16(21(27)28)11-12-19(20)24-22(25)23(29,17-7-3-1-4-8-17)18-9-5-2-6-10-18/h1-12,15,26,29H,13-14H2,(H,27,28). The van der Waals surface area contributed by atoms with Crippen molar-refractivity contribution in [1.29, 1.82) is 0 Å². The number of carboxylic acid groups (broad SMARTS) is 1. The Bertz CT molecular complexity index is 1110. The Morgan fingerprint density at radius 1 is 0.931 bits per heavy atom. The van der Waals surface area contributed by atoms with Gasteiger partial charge in [0.15, 0.2) is 11.4 Å². The second kappa shape index (κ2) is 7.50. The van der Waals surface area contributed by atoms with Crippen LogP contribution in [0.5, 0.6) is 0 Å². The Balaban J connectivity index is 2.05. The lowest BCUT2D eigenvalue weighted by molar-refractivity contribution is 0.0697. The van der Waals surface area contributed by atoms with E-state index in [4.69, 9.17) is 0 Å². The van der Waals surface area contributed by atoms with Gasteiger partial charge in [-0.2, -0.15) is 0 Å². The number of benzene rings is 3. The van der Waals surface area contributed by atoms with Gasteiger partial charge in [0.05, 0.1) is 23.2 Å². The second-order valence-electron chi connectivity index (χ2n) is 6.76. The molecule has 6 heteroatoms.